The molecule has 0 radical (unpaired) electrons. The molecule has 2 aromatic rings. The first-order valence-electron chi connectivity index (χ1n) is 6.88. The van der Waals surface area contributed by atoms with Crippen LogP contribution >= 0.6 is 23.2 Å². The van der Waals surface area contributed by atoms with Crippen molar-refractivity contribution in [2.75, 3.05) is 36.0 Å². The highest BCUT2D eigenvalue weighted by Crippen LogP contribution is 2.26. The number of hydrogen-bond acceptors (Lipinski definition) is 4. The Bertz CT molecular complexity index is 639. The standard InChI is InChI=1S/C15H16Cl2N4/c1-11-3-2-4-12(9-11)20-5-7-21(8-6-20)14-13(16)10-18-15(17)19-14/h2-4,9-10H,5-8H2,1H3. The van der Waals surface area contributed by atoms with Gasteiger partial charge in [-0.2, -0.15) is 4.98 Å². The van der Waals surface area contributed by atoms with Crippen molar-refractivity contribution in [1.82, 2.24) is 9.97 Å². The summed E-state index contributed by atoms with van der Waals surface area (Å²) in [6, 6.07) is 8.57. The summed E-state index contributed by atoms with van der Waals surface area (Å²) in [5, 5.41) is 0.777. The van der Waals surface area contributed by atoms with Crippen LogP contribution in [-0.4, -0.2) is 36.1 Å². The molecule has 1 aromatic heterocycles. The summed E-state index contributed by atoms with van der Waals surface area (Å²) in [6.07, 6.45) is 1.55. The second-order valence-electron chi connectivity index (χ2n) is 5.12. The molecule has 0 spiro atoms. The third-order valence-corrected chi connectivity index (χ3v) is 4.09. The molecule has 1 aromatic carbocycles. The first kappa shape index (κ1) is 14.4. The topological polar surface area (TPSA) is 32.3 Å². The molecular formula is C15H16Cl2N4. The van der Waals surface area contributed by atoms with E-state index >= 15 is 0 Å². The lowest BCUT2D eigenvalue weighted by atomic mass is 10.2. The third kappa shape index (κ3) is 3.22. The Morgan fingerprint density at radius 1 is 1.05 bits per heavy atom. The van der Waals surface area contributed by atoms with Gasteiger partial charge in [0.05, 0.1) is 6.20 Å². The van der Waals surface area contributed by atoms with Crippen molar-refractivity contribution in [3.8, 4) is 0 Å². The summed E-state index contributed by atoms with van der Waals surface area (Å²) in [5.74, 6) is 0.723. The van der Waals surface area contributed by atoms with Gasteiger partial charge in [0.1, 0.15) is 5.02 Å². The smallest absolute Gasteiger partial charge is 0.224 e. The molecule has 3 rings (SSSR count). The van der Waals surface area contributed by atoms with E-state index in [-0.39, 0.29) is 5.28 Å². The molecule has 1 aliphatic rings. The van der Waals surface area contributed by atoms with Crippen LogP contribution in [0.5, 0.6) is 0 Å². The van der Waals surface area contributed by atoms with Crippen molar-refractivity contribution in [1.29, 1.82) is 0 Å². The Balaban J connectivity index is 1.72. The number of aryl methyl sites for hydroxylation is 1. The van der Waals surface area contributed by atoms with Crippen LogP contribution in [0.1, 0.15) is 5.56 Å². The van der Waals surface area contributed by atoms with E-state index in [1.54, 1.807) is 6.20 Å². The molecule has 0 aliphatic carbocycles. The van der Waals surface area contributed by atoms with Crippen LogP contribution in [-0.2, 0) is 0 Å². The molecule has 0 amide bonds. The number of halogens is 2. The van der Waals surface area contributed by atoms with Crippen molar-refractivity contribution in [3.63, 3.8) is 0 Å². The second-order valence-corrected chi connectivity index (χ2v) is 5.87. The number of rotatable bonds is 2. The maximum absolute atomic E-state index is 6.16. The molecule has 0 bridgehead atoms. The Hall–Kier alpha value is -1.52. The minimum absolute atomic E-state index is 0.232. The molecule has 21 heavy (non-hydrogen) atoms. The number of aromatic nitrogens is 2. The van der Waals surface area contributed by atoms with E-state index in [1.807, 2.05) is 0 Å². The van der Waals surface area contributed by atoms with Gasteiger partial charge in [-0.05, 0) is 36.2 Å². The molecule has 0 atom stereocenters. The SMILES string of the molecule is Cc1cccc(N2CCN(c3nc(Cl)ncc3Cl)CC2)c1. The Labute approximate surface area is 134 Å². The van der Waals surface area contributed by atoms with Crippen LogP contribution in [0, 0.1) is 6.92 Å². The predicted octanol–water partition coefficient (Wildman–Crippen LogP) is 3.42. The largest absolute Gasteiger partial charge is 0.368 e. The van der Waals surface area contributed by atoms with Crippen molar-refractivity contribution in [3.05, 3.63) is 46.3 Å². The number of nitrogens with zero attached hydrogens (tertiary/aromatic N) is 4. The van der Waals surface area contributed by atoms with Gasteiger partial charge in [-0.3, -0.25) is 0 Å². The number of hydrogen-bond donors (Lipinski definition) is 0. The number of anilines is 2. The summed E-state index contributed by atoms with van der Waals surface area (Å²) >= 11 is 12.0. The average molecular weight is 323 g/mol. The van der Waals surface area contributed by atoms with Gasteiger partial charge in [-0.25, -0.2) is 4.98 Å². The van der Waals surface area contributed by atoms with E-state index in [0.717, 1.165) is 32.0 Å². The first-order valence-corrected chi connectivity index (χ1v) is 7.64. The lowest BCUT2D eigenvalue weighted by molar-refractivity contribution is 0.647. The maximum atomic E-state index is 6.16. The van der Waals surface area contributed by atoms with Crippen LogP contribution in [0.15, 0.2) is 30.5 Å². The van der Waals surface area contributed by atoms with E-state index < -0.39 is 0 Å². The maximum Gasteiger partial charge on any atom is 0.224 e. The molecule has 0 unspecified atom stereocenters. The van der Waals surface area contributed by atoms with Crippen molar-refractivity contribution < 1.29 is 0 Å². The van der Waals surface area contributed by atoms with Crippen molar-refractivity contribution in [2.24, 2.45) is 0 Å². The molecule has 6 heteroatoms. The van der Waals surface area contributed by atoms with E-state index in [1.165, 1.54) is 11.3 Å². The highest BCUT2D eigenvalue weighted by molar-refractivity contribution is 6.33. The zero-order valence-corrected chi connectivity index (χ0v) is 13.3. The molecule has 1 fully saturated rings. The van der Waals surface area contributed by atoms with Crippen molar-refractivity contribution >= 4 is 34.7 Å². The fourth-order valence-corrected chi connectivity index (χ4v) is 2.90. The molecule has 110 valence electrons. The summed E-state index contributed by atoms with van der Waals surface area (Å²) in [4.78, 5) is 12.7. The fourth-order valence-electron chi connectivity index (χ4n) is 2.56. The second kappa shape index (κ2) is 6.08. The zero-order valence-electron chi connectivity index (χ0n) is 11.8. The minimum Gasteiger partial charge on any atom is -0.368 e. The van der Waals surface area contributed by atoms with E-state index in [2.05, 4.69) is 51.0 Å². The van der Waals surface area contributed by atoms with Gasteiger partial charge in [0, 0.05) is 31.9 Å². The summed E-state index contributed by atoms with van der Waals surface area (Å²) < 4.78 is 0. The molecule has 1 saturated heterocycles. The summed E-state index contributed by atoms with van der Waals surface area (Å²) in [7, 11) is 0. The zero-order chi connectivity index (χ0) is 14.8. The highest BCUT2D eigenvalue weighted by atomic mass is 35.5. The van der Waals surface area contributed by atoms with E-state index in [4.69, 9.17) is 23.2 Å². The molecule has 1 aliphatic heterocycles. The summed E-state index contributed by atoms with van der Waals surface area (Å²) in [5.41, 5.74) is 2.54. The third-order valence-electron chi connectivity index (χ3n) is 3.64. The average Bonchev–Trinajstić information content (AvgIpc) is 2.50. The lowest BCUT2D eigenvalue weighted by Gasteiger charge is -2.37. The van der Waals surface area contributed by atoms with Gasteiger partial charge in [0.2, 0.25) is 5.28 Å². The van der Waals surface area contributed by atoms with Crippen LogP contribution < -0.4 is 9.80 Å². The van der Waals surface area contributed by atoms with E-state index in [0.29, 0.717) is 5.02 Å². The lowest BCUT2D eigenvalue weighted by Crippen LogP contribution is -2.47. The molecule has 2 heterocycles. The Morgan fingerprint density at radius 2 is 1.76 bits per heavy atom. The van der Waals surface area contributed by atoms with E-state index in [9.17, 15) is 0 Å². The Kier molecular flexibility index (Phi) is 4.17. The first-order chi connectivity index (χ1) is 10.1. The molecule has 4 nitrogen and oxygen atoms in total. The summed E-state index contributed by atoms with van der Waals surface area (Å²) in [6.45, 7) is 5.70. The van der Waals surface area contributed by atoms with Gasteiger partial charge in [-0.15, -0.1) is 0 Å². The van der Waals surface area contributed by atoms with Gasteiger partial charge in [0.15, 0.2) is 5.82 Å². The monoisotopic (exact) mass is 322 g/mol. The molecule has 0 N–H and O–H groups in total. The number of piperazine rings is 1. The predicted molar refractivity (Wildman–Crippen MR) is 87.7 cm³/mol. The van der Waals surface area contributed by atoms with Gasteiger partial charge in [0.25, 0.3) is 0 Å². The van der Waals surface area contributed by atoms with Gasteiger partial charge < -0.3 is 9.80 Å². The minimum atomic E-state index is 0.232. The van der Waals surface area contributed by atoms with Crippen LogP contribution in [0.2, 0.25) is 10.3 Å². The van der Waals surface area contributed by atoms with Gasteiger partial charge >= 0.3 is 0 Å². The van der Waals surface area contributed by atoms with Crippen LogP contribution in [0.3, 0.4) is 0 Å². The normalized spacial score (nSPS) is 15.4. The number of benzene rings is 1. The van der Waals surface area contributed by atoms with Crippen LogP contribution in [0.25, 0.3) is 0 Å². The fraction of sp³-hybridized carbons (Fsp3) is 0.333. The van der Waals surface area contributed by atoms with Crippen LogP contribution in [0.4, 0.5) is 11.5 Å². The highest BCUT2D eigenvalue weighted by Gasteiger charge is 2.20. The van der Waals surface area contributed by atoms with Gasteiger partial charge in [-0.1, -0.05) is 23.7 Å². The Morgan fingerprint density at radius 3 is 2.48 bits per heavy atom. The van der Waals surface area contributed by atoms with Crippen molar-refractivity contribution in [2.45, 2.75) is 6.92 Å². The quantitative estimate of drug-likeness (QED) is 0.793. The molecule has 0 saturated carbocycles. The molecular weight excluding hydrogens is 307 g/mol.